The summed E-state index contributed by atoms with van der Waals surface area (Å²) in [7, 11) is 0. The van der Waals surface area contributed by atoms with Crippen molar-refractivity contribution in [3.63, 3.8) is 0 Å². The van der Waals surface area contributed by atoms with E-state index in [9.17, 15) is 0 Å². The summed E-state index contributed by atoms with van der Waals surface area (Å²) in [4.78, 5) is 9.07. The average molecular weight is 390 g/mol. The molecule has 0 spiro atoms. The molecule has 0 atom stereocenters. The molecule has 0 aliphatic rings. The summed E-state index contributed by atoms with van der Waals surface area (Å²) >= 11 is 5.98. The van der Waals surface area contributed by atoms with Crippen LogP contribution in [0, 0.1) is 20.8 Å². The van der Waals surface area contributed by atoms with Gasteiger partial charge in [-0.2, -0.15) is 5.10 Å². The Bertz CT molecular complexity index is 1130. The van der Waals surface area contributed by atoms with Gasteiger partial charge in [-0.1, -0.05) is 23.7 Å². The Morgan fingerprint density at radius 2 is 1.75 bits per heavy atom. The predicted molar refractivity (Wildman–Crippen MR) is 114 cm³/mol. The maximum absolute atomic E-state index is 5.98. The van der Waals surface area contributed by atoms with E-state index in [1.165, 1.54) is 11.1 Å². The van der Waals surface area contributed by atoms with Crippen LogP contribution in [0.1, 0.15) is 16.8 Å². The van der Waals surface area contributed by atoms with E-state index in [0.29, 0.717) is 11.0 Å². The number of aromatic nitrogens is 4. The number of anilines is 2. The van der Waals surface area contributed by atoms with Crippen LogP contribution in [-0.4, -0.2) is 19.7 Å². The fourth-order valence-corrected chi connectivity index (χ4v) is 3.14. The highest BCUT2D eigenvalue weighted by molar-refractivity contribution is 6.30. The second kappa shape index (κ2) is 7.44. The Hall–Kier alpha value is -3.18. The molecule has 4 rings (SSSR count). The molecule has 28 heavy (non-hydrogen) atoms. The molecule has 2 aromatic carbocycles. The van der Waals surface area contributed by atoms with E-state index >= 15 is 0 Å². The van der Waals surface area contributed by atoms with Gasteiger partial charge in [0.2, 0.25) is 5.95 Å². The van der Waals surface area contributed by atoms with Crippen molar-refractivity contribution in [2.24, 2.45) is 0 Å². The molecular weight excluding hydrogens is 370 g/mol. The maximum atomic E-state index is 5.98. The van der Waals surface area contributed by atoms with Crippen LogP contribution >= 0.6 is 11.6 Å². The molecule has 0 fully saturated rings. The molecule has 0 radical (unpaired) electrons. The highest BCUT2D eigenvalue weighted by Crippen LogP contribution is 2.25. The lowest BCUT2D eigenvalue weighted by atomic mass is 10.1. The first-order valence-electron chi connectivity index (χ1n) is 9.00. The van der Waals surface area contributed by atoms with Crippen molar-refractivity contribution in [3.8, 4) is 16.9 Å². The Morgan fingerprint density at radius 1 is 0.964 bits per heavy atom. The van der Waals surface area contributed by atoms with Crippen LogP contribution in [0.2, 0.25) is 5.02 Å². The van der Waals surface area contributed by atoms with Crippen molar-refractivity contribution in [1.29, 1.82) is 0 Å². The van der Waals surface area contributed by atoms with Crippen molar-refractivity contribution in [3.05, 3.63) is 82.8 Å². The molecule has 2 aromatic heterocycles. The third kappa shape index (κ3) is 3.62. The number of nitrogens with zero attached hydrogens (tertiary/aromatic N) is 4. The number of nitrogens with one attached hydrogen (secondary N) is 1. The third-order valence-corrected chi connectivity index (χ3v) is 5.02. The largest absolute Gasteiger partial charge is 0.324 e. The maximum Gasteiger partial charge on any atom is 0.227 e. The first kappa shape index (κ1) is 18.2. The van der Waals surface area contributed by atoms with Crippen LogP contribution in [-0.2, 0) is 0 Å². The first-order chi connectivity index (χ1) is 13.5. The van der Waals surface area contributed by atoms with Crippen molar-refractivity contribution in [1.82, 2.24) is 19.7 Å². The molecule has 140 valence electrons. The van der Waals surface area contributed by atoms with Crippen molar-refractivity contribution < 1.29 is 0 Å². The summed E-state index contributed by atoms with van der Waals surface area (Å²) in [5.41, 5.74) is 7.03. The SMILES string of the molecule is Cc1cccc(Nc2nccc(-c3cn(-c4ccc(Cl)cc4)nc3C)n2)c1C. The Kier molecular flexibility index (Phi) is 4.84. The van der Waals surface area contributed by atoms with Gasteiger partial charge in [-0.15, -0.1) is 0 Å². The third-order valence-electron chi connectivity index (χ3n) is 4.77. The summed E-state index contributed by atoms with van der Waals surface area (Å²) in [6.45, 7) is 6.15. The van der Waals surface area contributed by atoms with Crippen LogP contribution in [0.4, 0.5) is 11.6 Å². The second-order valence-electron chi connectivity index (χ2n) is 6.69. The zero-order valence-electron chi connectivity index (χ0n) is 15.9. The summed E-state index contributed by atoms with van der Waals surface area (Å²) < 4.78 is 1.83. The van der Waals surface area contributed by atoms with E-state index in [0.717, 1.165) is 28.3 Å². The molecule has 0 saturated heterocycles. The fourth-order valence-electron chi connectivity index (χ4n) is 3.01. The molecule has 2 heterocycles. The number of aryl methyl sites for hydroxylation is 2. The minimum atomic E-state index is 0.560. The van der Waals surface area contributed by atoms with Crippen LogP contribution in [0.5, 0.6) is 0 Å². The summed E-state index contributed by atoms with van der Waals surface area (Å²) in [6.07, 6.45) is 3.73. The zero-order valence-corrected chi connectivity index (χ0v) is 16.7. The van der Waals surface area contributed by atoms with Gasteiger partial charge >= 0.3 is 0 Å². The lowest BCUT2D eigenvalue weighted by Gasteiger charge is -2.10. The van der Waals surface area contributed by atoms with Gasteiger partial charge < -0.3 is 5.32 Å². The monoisotopic (exact) mass is 389 g/mol. The molecule has 0 aliphatic heterocycles. The average Bonchev–Trinajstić information content (AvgIpc) is 3.08. The summed E-state index contributed by atoms with van der Waals surface area (Å²) in [5.74, 6) is 0.560. The molecule has 0 amide bonds. The Labute approximate surface area is 169 Å². The van der Waals surface area contributed by atoms with Gasteiger partial charge in [0.05, 0.1) is 17.1 Å². The van der Waals surface area contributed by atoms with Crippen LogP contribution in [0.3, 0.4) is 0 Å². The number of halogens is 1. The first-order valence-corrected chi connectivity index (χ1v) is 9.38. The molecule has 6 heteroatoms. The molecule has 0 unspecified atom stereocenters. The second-order valence-corrected chi connectivity index (χ2v) is 7.12. The Balaban J connectivity index is 1.66. The smallest absolute Gasteiger partial charge is 0.227 e. The van der Waals surface area contributed by atoms with Crippen molar-refractivity contribution >= 4 is 23.2 Å². The quantitative estimate of drug-likeness (QED) is 0.490. The fraction of sp³-hybridized carbons (Fsp3) is 0.136. The van der Waals surface area contributed by atoms with Crippen LogP contribution in [0.25, 0.3) is 16.9 Å². The number of hydrogen-bond acceptors (Lipinski definition) is 4. The predicted octanol–water partition coefficient (Wildman–Crippen LogP) is 5.65. The van der Waals surface area contributed by atoms with Gasteiger partial charge in [-0.05, 0) is 68.3 Å². The minimum Gasteiger partial charge on any atom is -0.324 e. The van der Waals surface area contributed by atoms with Gasteiger partial charge in [0, 0.05) is 28.7 Å². The van der Waals surface area contributed by atoms with Gasteiger partial charge in [0.25, 0.3) is 0 Å². The lowest BCUT2D eigenvalue weighted by Crippen LogP contribution is -2.00. The highest BCUT2D eigenvalue weighted by atomic mass is 35.5. The van der Waals surface area contributed by atoms with E-state index in [-0.39, 0.29) is 0 Å². The van der Waals surface area contributed by atoms with E-state index in [4.69, 9.17) is 16.6 Å². The van der Waals surface area contributed by atoms with Crippen LogP contribution < -0.4 is 5.32 Å². The topological polar surface area (TPSA) is 55.6 Å². The Morgan fingerprint density at radius 3 is 2.54 bits per heavy atom. The van der Waals surface area contributed by atoms with Gasteiger partial charge in [-0.3, -0.25) is 0 Å². The normalized spacial score (nSPS) is 10.9. The van der Waals surface area contributed by atoms with Gasteiger partial charge in [-0.25, -0.2) is 14.6 Å². The minimum absolute atomic E-state index is 0.560. The molecular formula is C22H20ClN5. The number of rotatable bonds is 4. The summed E-state index contributed by atoms with van der Waals surface area (Å²) in [6, 6.07) is 15.6. The summed E-state index contributed by atoms with van der Waals surface area (Å²) in [5, 5.41) is 8.64. The van der Waals surface area contributed by atoms with Crippen molar-refractivity contribution in [2.75, 3.05) is 5.32 Å². The van der Waals surface area contributed by atoms with E-state index in [2.05, 4.69) is 35.3 Å². The standard InChI is InChI=1S/C22H20ClN5/c1-14-5-4-6-20(15(14)2)25-22-24-12-11-21(26-22)19-13-28(27-16(19)3)18-9-7-17(23)8-10-18/h4-13H,1-3H3,(H,24,25,26). The highest BCUT2D eigenvalue weighted by Gasteiger charge is 2.12. The number of benzene rings is 2. The van der Waals surface area contributed by atoms with Crippen LogP contribution in [0.15, 0.2) is 60.9 Å². The van der Waals surface area contributed by atoms with Crippen molar-refractivity contribution in [2.45, 2.75) is 20.8 Å². The zero-order chi connectivity index (χ0) is 19.7. The molecule has 1 N–H and O–H groups in total. The molecule has 0 bridgehead atoms. The number of hydrogen-bond donors (Lipinski definition) is 1. The molecule has 0 saturated carbocycles. The van der Waals surface area contributed by atoms with E-state index in [1.54, 1.807) is 6.20 Å². The lowest BCUT2D eigenvalue weighted by molar-refractivity contribution is 0.863. The van der Waals surface area contributed by atoms with E-state index in [1.807, 2.05) is 60.3 Å². The molecule has 4 aromatic rings. The van der Waals surface area contributed by atoms with Gasteiger partial charge in [0.1, 0.15) is 0 Å². The molecule has 0 aliphatic carbocycles. The molecule has 5 nitrogen and oxygen atoms in total. The van der Waals surface area contributed by atoms with Gasteiger partial charge in [0.15, 0.2) is 0 Å². The van der Waals surface area contributed by atoms with E-state index < -0.39 is 0 Å².